The van der Waals surface area contributed by atoms with Crippen molar-refractivity contribution in [1.29, 1.82) is 0 Å². The van der Waals surface area contributed by atoms with Crippen LogP contribution in [0, 0.1) is 0 Å². The molecule has 0 aliphatic heterocycles. The number of ether oxygens (including phenoxy) is 1. The van der Waals surface area contributed by atoms with Crippen molar-refractivity contribution in [2.24, 2.45) is 5.10 Å². The Hall–Kier alpha value is -2.67. The van der Waals surface area contributed by atoms with Crippen LogP contribution in [0.3, 0.4) is 0 Å². The van der Waals surface area contributed by atoms with E-state index in [1.54, 1.807) is 24.3 Å². The van der Waals surface area contributed by atoms with Crippen LogP contribution < -0.4 is 15.3 Å². The number of hydrazone groups is 1. The van der Waals surface area contributed by atoms with Crippen molar-refractivity contribution >= 4 is 29.4 Å². The van der Waals surface area contributed by atoms with E-state index in [4.69, 9.17) is 4.74 Å². The monoisotopic (exact) mass is 317 g/mol. The summed E-state index contributed by atoms with van der Waals surface area (Å²) in [5, 5.41) is 16.2. The Labute approximate surface area is 131 Å². The van der Waals surface area contributed by atoms with Crippen LogP contribution in [-0.2, 0) is 16.0 Å². The number of carbonyl (C=O) groups excluding carboxylic acids is 2. The number of para-hydroxylation sites is 1. The topological polar surface area (TPSA) is 90.8 Å². The van der Waals surface area contributed by atoms with E-state index in [-0.39, 0.29) is 12.3 Å². The third kappa shape index (κ3) is 5.02. The fraction of sp³-hybridized carbons (Fsp3) is 0.133. The van der Waals surface area contributed by atoms with Crippen molar-refractivity contribution in [3.8, 4) is 5.75 Å². The number of carboxylic acids is 1. The van der Waals surface area contributed by atoms with E-state index in [1.165, 1.54) is 17.6 Å². The van der Waals surface area contributed by atoms with Gasteiger partial charge >= 0.3 is 0 Å². The summed E-state index contributed by atoms with van der Waals surface area (Å²) in [5.74, 6) is -1.19. The molecule has 1 aromatic carbocycles. The summed E-state index contributed by atoms with van der Waals surface area (Å²) >= 11 is 1.50. The van der Waals surface area contributed by atoms with E-state index in [1.807, 2.05) is 17.5 Å². The molecule has 0 fully saturated rings. The van der Waals surface area contributed by atoms with Crippen molar-refractivity contribution in [3.63, 3.8) is 0 Å². The number of carboxylic acid groups (broad SMARTS) is 1. The first-order chi connectivity index (χ1) is 10.6. The standard InChI is InChI=1S/C15H14N2O4S/c18-14(8-12-5-3-7-22-12)17-16-9-11-4-1-2-6-13(11)21-10-15(19)20/h1-7,9H,8,10H2,(H,17,18)(H,19,20)/p-1/b16-9-. The van der Waals surface area contributed by atoms with Gasteiger partial charge < -0.3 is 14.6 Å². The van der Waals surface area contributed by atoms with Crippen LogP contribution >= 0.6 is 11.3 Å². The number of hydrogen-bond acceptors (Lipinski definition) is 6. The third-order valence-corrected chi connectivity index (χ3v) is 3.45. The molecule has 0 radical (unpaired) electrons. The molecular formula is C15H13N2O4S-. The molecule has 0 spiro atoms. The van der Waals surface area contributed by atoms with Crippen LogP contribution in [0.4, 0.5) is 0 Å². The van der Waals surface area contributed by atoms with Gasteiger partial charge in [-0.2, -0.15) is 5.10 Å². The Kier molecular flexibility index (Phi) is 5.67. The Balaban J connectivity index is 1.92. The number of benzene rings is 1. The van der Waals surface area contributed by atoms with Crippen molar-refractivity contribution in [1.82, 2.24) is 5.43 Å². The van der Waals surface area contributed by atoms with Gasteiger partial charge in [-0.25, -0.2) is 5.43 Å². The zero-order valence-corrected chi connectivity index (χ0v) is 12.3. The van der Waals surface area contributed by atoms with Crippen molar-refractivity contribution in [2.75, 3.05) is 6.61 Å². The highest BCUT2D eigenvalue weighted by Gasteiger charge is 2.03. The average molecular weight is 317 g/mol. The molecule has 0 bridgehead atoms. The van der Waals surface area contributed by atoms with Gasteiger partial charge in [0.2, 0.25) is 5.91 Å². The lowest BCUT2D eigenvalue weighted by molar-refractivity contribution is -0.307. The Morgan fingerprint density at radius 3 is 2.82 bits per heavy atom. The molecule has 1 heterocycles. The Bertz CT molecular complexity index is 668. The first-order valence-corrected chi connectivity index (χ1v) is 7.29. The van der Waals surface area contributed by atoms with Crippen LogP contribution in [0.1, 0.15) is 10.4 Å². The highest BCUT2D eigenvalue weighted by atomic mass is 32.1. The summed E-state index contributed by atoms with van der Waals surface area (Å²) in [4.78, 5) is 23.0. The average Bonchev–Trinajstić information content (AvgIpc) is 2.99. The summed E-state index contributed by atoms with van der Waals surface area (Å²) in [6, 6.07) is 10.5. The number of amides is 1. The van der Waals surface area contributed by atoms with Gasteiger partial charge in [0.15, 0.2) is 0 Å². The van der Waals surface area contributed by atoms with Gasteiger partial charge in [0.1, 0.15) is 12.4 Å². The van der Waals surface area contributed by atoms with Crippen LogP contribution in [-0.4, -0.2) is 24.7 Å². The first-order valence-electron chi connectivity index (χ1n) is 6.41. The van der Waals surface area contributed by atoms with Crippen molar-refractivity contribution < 1.29 is 19.4 Å². The Morgan fingerprint density at radius 2 is 2.09 bits per heavy atom. The summed E-state index contributed by atoms with van der Waals surface area (Å²) in [5.41, 5.74) is 2.97. The lowest BCUT2D eigenvalue weighted by Gasteiger charge is -2.08. The molecule has 0 saturated carbocycles. The van der Waals surface area contributed by atoms with Gasteiger partial charge in [-0.3, -0.25) is 4.79 Å². The molecule has 0 atom stereocenters. The van der Waals surface area contributed by atoms with Crippen molar-refractivity contribution in [2.45, 2.75) is 6.42 Å². The van der Waals surface area contributed by atoms with Gasteiger partial charge in [0.05, 0.1) is 18.6 Å². The number of hydrogen-bond donors (Lipinski definition) is 1. The minimum absolute atomic E-state index is 0.230. The van der Waals surface area contributed by atoms with E-state index in [9.17, 15) is 14.7 Å². The zero-order valence-electron chi connectivity index (χ0n) is 11.5. The molecule has 0 aliphatic carbocycles. The van der Waals surface area contributed by atoms with Gasteiger partial charge in [0, 0.05) is 10.4 Å². The zero-order chi connectivity index (χ0) is 15.8. The van der Waals surface area contributed by atoms with Crippen LogP contribution in [0.15, 0.2) is 46.9 Å². The van der Waals surface area contributed by atoms with E-state index >= 15 is 0 Å². The number of aliphatic carboxylic acids is 1. The fourth-order valence-corrected chi connectivity index (χ4v) is 2.34. The van der Waals surface area contributed by atoms with Crippen LogP contribution in [0.5, 0.6) is 5.75 Å². The lowest BCUT2D eigenvalue weighted by Crippen LogP contribution is -2.29. The maximum Gasteiger partial charge on any atom is 0.245 e. The molecule has 22 heavy (non-hydrogen) atoms. The maximum atomic E-state index is 11.7. The SMILES string of the molecule is O=C([O-])COc1ccccc1/C=N\NC(=O)Cc1cccs1. The smallest absolute Gasteiger partial charge is 0.245 e. The number of nitrogens with one attached hydrogen (secondary N) is 1. The third-order valence-electron chi connectivity index (χ3n) is 2.57. The molecular weight excluding hydrogens is 304 g/mol. The fourth-order valence-electron chi connectivity index (χ4n) is 1.64. The number of carbonyl (C=O) groups is 2. The number of thiophene rings is 1. The summed E-state index contributed by atoms with van der Waals surface area (Å²) in [6.07, 6.45) is 1.66. The highest BCUT2D eigenvalue weighted by Crippen LogP contribution is 2.15. The molecule has 2 rings (SSSR count). The summed E-state index contributed by atoms with van der Waals surface area (Å²) in [6.45, 7) is -0.546. The van der Waals surface area contributed by atoms with Crippen LogP contribution in [0.2, 0.25) is 0 Å². The second kappa shape index (κ2) is 7.94. The second-order valence-corrected chi connectivity index (χ2v) is 5.28. The second-order valence-electron chi connectivity index (χ2n) is 4.25. The summed E-state index contributed by atoms with van der Waals surface area (Å²) < 4.78 is 5.08. The minimum Gasteiger partial charge on any atom is -0.546 e. The molecule has 1 N–H and O–H groups in total. The molecule has 0 unspecified atom stereocenters. The van der Waals surface area contributed by atoms with E-state index in [2.05, 4.69) is 10.5 Å². The molecule has 1 amide bonds. The van der Waals surface area contributed by atoms with Crippen LogP contribution in [0.25, 0.3) is 0 Å². The normalized spacial score (nSPS) is 10.5. The highest BCUT2D eigenvalue weighted by molar-refractivity contribution is 7.10. The van der Waals surface area contributed by atoms with Crippen molar-refractivity contribution in [3.05, 3.63) is 52.2 Å². The van der Waals surface area contributed by atoms with Gasteiger partial charge in [-0.1, -0.05) is 18.2 Å². The molecule has 7 heteroatoms. The molecule has 6 nitrogen and oxygen atoms in total. The van der Waals surface area contributed by atoms with E-state index in [0.717, 1.165) is 4.88 Å². The molecule has 0 aliphatic rings. The molecule has 114 valence electrons. The maximum absolute atomic E-state index is 11.7. The Morgan fingerprint density at radius 1 is 1.27 bits per heavy atom. The number of rotatable bonds is 7. The molecule has 2 aromatic rings. The minimum atomic E-state index is -1.31. The number of nitrogens with zero attached hydrogens (tertiary/aromatic N) is 1. The predicted octanol–water partition coefficient (Wildman–Crippen LogP) is 0.570. The van der Waals surface area contributed by atoms with E-state index < -0.39 is 12.6 Å². The molecule has 1 aromatic heterocycles. The van der Waals surface area contributed by atoms with Gasteiger partial charge in [-0.15, -0.1) is 11.3 Å². The summed E-state index contributed by atoms with van der Waals surface area (Å²) in [7, 11) is 0. The van der Waals surface area contributed by atoms with E-state index in [0.29, 0.717) is 11.3 Å². The van der Waals surface area contributed by atoms with Gasteiger partial charge in [0.25, 0.3) is 0 Å². The largest absolute Gasteiger partial charge is 0.546 e. The predicted molar refractivity (Wildman–Crippen MR) is 80.7 cm³/mol. The lowest BCUT2D eigenvalue weighted by atomic mass is 10.2. The van der Waals surface area contributed by atoms with Gasteiger partial charge in [-0.05, 0) is 23.6 Å². The quantitative estimate of drug-likeness (QED) is 0.597. The first kappa shape index (κ1) is 15.7. The molecule has 0 saturated heterocycles.